The van der Waals surface area contributed by atoms with Crippen LogP contribution in [0.3, 0.4) is 0 Å². The van der Waals surface area contributed by atoms with Crippen molar-refractivity contribution in [1.82, 2.24) is 4.90 Å². The highest BCUT2D eigenvalue weighted by Gasteiger charge is 2.60. The smallest absolute Gasteiger partial charge is 0.471 e. The number of amides is 1. The third-order valence-electron chi connectivity index (χ3n) is 2.09. The van der Waals surface area contributed by atoms with Gasteiger partial charge in [0.05, 0.1) is 0 Å². The van der Waals surface area contributed by atoms with Crippen molar-refractivity contribution in [3.63, 3.8) is 0 Å². The first-order chi connectivity index (χ1) is 8.67. The van der Waals surface area contributed by atoms with E-state index in [4.69, 9.17) is 38.1 Å². The van der Waals surface area contributed by atoms with E-state index in [-0.39, 0.29) is 0 Å². The lowest BCUT2D eigenvalue weighted by Crippen LogP contribution is -2.57. The maximum absolute atomic E-state index is 12.4. The van der Waals surface area contributed by atoms with E-state index >= 15 is 0 Å². The van der Waals surface area contributed by atoms with Crippen molar-refractivity contribution >= 4 is 42.7 Å². The van der Waals surface area contributed by atoms with Crippen molar-refractivity contribution in [2.24, 2.45) is 0 Å². The highest BCUT2D eigenvalue weighted by atomic mass is 35.5. The van der Waals surface area contributed by atoms with Gasteiger partial charge >= 0.3 is 25.6 Å². The maximum atomic E-state index is 12.4. The van der Waals surface area contributed by atoms with Gasteiger partial charge in [-0.25, -0.2) is 4.79 Å². The lowest BCUT2D eigenvalue weighted by molar-refractivity contribution is -0.190. The summed E-state index contributed by atoms with van der Waals surface area (Å²) in [6, 6.07) is -2.27. The molecule has 0 spiro atoms. The predicted octanol–water partition coefficient (Wildman–Crippen LogP) is 1.51. The molecule has 0 heterocycles. The Morgan fingerprint density at radius 2 is 1.70 bits per heavy atom. The SMILES string of the molecule is CCC(C(=O)O)N(C(=O)C(F)(F)F)C(Cl)(Cl)P(=O)(O)O. The summed E-state index contributed by atoms with van der Waals surface area (Å²) in [6.45, 7) is 1.07. The van der Waals surface area contributed by atoms with Crippen LogP contribution in [-0.4, -0.2) is 48.1 Å². The van der Waals surface area contributed by atoms with Crippen LogP contribution < -0.4 is 0 Å². The number of hydrogen-bond donors (Lipinski definition) is 3. The lowest BCUT2D eigenvalue weighted by Gasteiger charge is -2.37. The monoisotopic (exact) mass is 361 g/mol. The van der Waals surface area contributed by atoms with Crippen LogP contribution in [0.1, 0.15) is 13.3 Å². The summed E-state index contributed by atoms with van der Waals surface area (Å²) in [4.78, 5) is 39.0. The van der Waals surface area contributed by atoms with Crippen molar-refractivity contribution in [1.29, 1.82) is 0 Å². The average Bonchev–Trinajstić information content (AvgIpc) is 2.20. The third kappa shape index (κ3) is 3.98. The number of aliphatic carboxylic acids is 1. The number of carbonyl (C=O) groups is 2. The van der Waals surface area contributed by atoms with E-state index < -0.39 is 47.2 Å². The normalized spacial score (nSPS) is 14.8. The zero-order valence-corrected chi connectivity index (χ0v) is 12.0. The third-order valence-corrected chi connectivity index (χ3v) is 4.69. The van der Waals surface area contributed by atoms with E-state index in [0.717, 1.165) is 6.92 Å². The summed E-state index contributed by atoms with van der Waals surface area (Å²) in [7, 11) is -5.68. The molecule has 0 aromatic rings. The Hall–Kier alpha value is -0.540. The number of carbonyl (C=O) groups excluding carboxylic acids is 1. The van der Waals surface area contributed by atoms with Gasteiger partial charge in [0.2, 0.25) is 0 Å². The van der Waals surface area contributed by atoms with E-state index in [1.807, 2.05) is 0 Å². The van der Waals surface area contributed by atoms with Crippen molar-refractivity contribution in [3.8, 4) is 0 Å². The number of nitrogens with zero attached hydrogens (tertiary/aromatic N) is 1. The van der Waals surface area contributed by atoms with E-state index in [0.29, 0.717) is 0 Å². The second-order valence-corrected chi connectivity index (χ2v) is 7.04. The zero-order chi connectivity index (χ0) is 16.5. The molecule has 118 valence electrons. The highest BCUT2D eigenvalue weighted by Crippen LogP contribution is 2.59. The lowest BCUT2D eigenvalue weighted by atomic mass is 10.2. The van der Waals surface area contributed by atoms with Crippen molar-refractivity contribution < 1.29 is 42.2 Å². The molecule has 0 aliphatic carbocycles. The van der Waals surface area contributed by atoms with Gasteiger partial charge in [0.1, 0.15) is 6.04 Å². The summed E-state index contributed by atoms with van der Waals surface area (Å²) >= 11 is 10.3. The fourth-order valence-corrected chi connectivity index (χ4v) is 2.10. The summed E-state index contributed by atoms with van der Waals surface area (Å²) in [5.74, 6) is -4.83. The second-order valence-electron chi connectivity index (χ2n) is 3.49. The molecule has 3 N–H and O–H groups in total. The fourth-order valence-electron chi connectivity index (χ4n) is 1.20. The molecular weight excluding hydrogens is 353 g/mol. The number of carboxylic acids is 1. The first kappa shape index (κ1) is 19.5. The van der Waals surface area contributed by atoms with Crippen molar-refractivity contribution in [2.75, 3.05) is 0 Å². The second kappa shape index (κ2) is 6.07. The Balaban J connectivity index is 6.04. The molecule has 1 atom stereocenters. The van der Waals surface area contributed by atoms with Gasteiger partial charge in [-0.1, -0.05) is 30.1 Å². The quantitative estimate of drug-likeness (QED) is 0.388. The molecule has 1 amide bonds. The van der Waals surface area contributed by atoms with Gasteiger partial charge in [0.15, 0.2) is 0 Å². The number of rotatable bonds is 5. The van der Waals surface area contributed by atoms with Gasteiger partial charge in [0, 0.05) is 0 Å². The first-order valence-corrected chi connectivity index (χ1v) is 7.11. The van der Waals surface area contributed by atoms with Gasteiger partial charge in [-0.15, -0.1) is 0 Å². The topological polar surface area (TPSA) is 115 Å². The number of halogens is 5. The number of alkyl halides is 5. The fraction of sp³-hybridized carbons (Fsp3) is 0.714. The van der Waals surface area contributed by atoms with Crippen LogP contribution in [0.4, 0.5) is 13.2 Å². The standard InChI is InChI=1S/C7H9Cl2F3NO6P/c1-2-3(4(14)15)13(5(16)6(10,11)12)7(8,9)20(17,18)19/h3H,2H2,1H3,(H,14,15)(H2,17,18,19). The molecule has 1 unspecified atom stereocenters. The van der Waals surface area contributed by atoms with Crippen LogP contribution in [-0.2, 0) is 14.2 Å². The highest BCUT2D eigenvalue weighted by molar-refractivity contribution is 7.58. The minimum atomic E-state index is -5.68. The van der Waals surface area contributed by atoms with Crippen LogP contribution in [0.5, 0.6) is 0 Å². The van der Waals surface area contributed by atoms with E-state index in [1.54, 1.807) is 0 Å². The number of carboxylic acid groups (broad SMARTS) is 1. The Bertz CT molecular complexity index is 450. The van der Waals surface area contributed by atoms with Crippen LogP contribution in [0.25, 0.3) is 0 Å². The molecule has 20 heavy (non-hydrogen) atoms. The largest absolute Gasteiger partial charge is 0.480 e. The molecule has 0 saturated heterocycles. The maximum Gasteiger partial charge on any atom is 0.471 e. The van der Waals surface area contributed by atoms with Gasteiger partial charge in [-0.2, -0.15) is 13.2 Å². The van der Waals surface area contributed by atoms with Crippen LogP contribution in [0.2, 0.25) is 0 Å². The predicted molar refractivity (Wildman–Crippen MR) is 61.1 cm³/mol. The molecule has 0 fully saturated rings. The molecule has 7 nitrogen and oxygen atoms in total. The van der Waals surface area contributed by atoms with Crippen molar-refractivity contribution in [2.45, 2.75) is 29.8 Å². The minimum absolute atomic E-state index is 0.613. The Kier molecular flexibility index (Phi) is 5.90. The molecule has 0 bridgehead atoms. The van der Waals surface area contributed by atoms with Gasteiger partial charge < -0.3 is 14.9 Å². The van der Waals surface area contributed by atoms with Crippen LogP contribution >= 0.6 is 30.8 Å². The Labute approximate surface area is 120 Å². The summed E-state index contributed by atoms with van der Waals surface area (Å²) < 4.78 is 44.6. The Morgan fingerprint density at radius 3 is 1.90 bits per heavy atom. The summed E-state index contributed by atoms with van der Waals surface area (Å²) in [5, 5.41) is 8.76. The Morgan fingerprint density at radius 1 is 1.30 bits per heavy atom. The average molecular weight is 362 g/mol. The van der Waals surface area contributed by atoms with Gasteiger partial charge in [0.25, 0.3) is 4.20 Å². The molecule has 0 rings (SSSR count). The molecule has 0 aliphatic rings. The van der Waals surface area contributed by atoms with Crippen molar-refractivity contribution in [3.05, 3.63) is 0 Å². The molecule has 13 heteroatoms. The molecule has 0 saturated carbocycles. The van der Waals surface area contributed by atoms with Gasteiger partial charge in [-0.05, 0) is 6.42 Å². The molecule has 0 aromatic carbocycles. The summed E-state index contributed by atoms with van der Waals surface area (Å²) in [6.07, 6.45) is -6.23. The zero-order valence-electron chi connectivity index (χ0n) is 9.64. The summed E-state index contributed by atoms with van der Waals surface area (Å²) in [5.41, 5.74) is 0. The van der Waals surface area contributed by atoms with E-state index in [1.165, 1.54) is 0 Å². The van der Waals surface area contributed by atoms with Crippen LogP contribution in [0, 0.1) is 0 Å². The molecule has 0 radical (unpaired) electrons. The minimum Gasteiger partial charge on any atom is -0.480 e. The van der Waals surface area contributed by atoms with Crippen LogP contribution in [0.15, 0.2) is 0 Å². The molecule has 0 aromatic heterocycles. The molecular formula is C7H9Cl2F3NO6P. The molecule has 0 aliphatic heterocycles. The van der Waals surface area contributed by atoms with E-state index in [2.05, 4.69) is 0 Å². The van der Waals surface area contributed by atoms with Gasteiger partial charge in [-0.3, -0.25) is 14.3 Å². The first-order valence-electron chi connectivity index (χ1n) is 4.74. The van der Waals surface area contributed by atoms with E-state index in [9.17, 15) is 27.3 Å². The number of hydrogen-bond acceptors (Lipinski definition) is 3.